The molecule has 6 atom stereocenters. The molecule has 0 bridgehead atoms. The minimum atomic E-state index is -1.52. The van der Waals surface area contributed by atoms with Gasteiger partial charge in [-0.05, 0) is 116 Å². The van der Waals surface area contributed by atoms with Gasteiger partial charge in [-0.1, -0.05) is 142 Å². The summed E-state index contributed by atoms with van der Waals surface area (Å²) in [7, 11) is 0. The van der Waals surface area contributed by atoms with Crippen molar-refractivity contribution in [1.82, 2.24) is 41.9 Å². The number of Topliss-reactive ketones (excluding diaryl/α,β-unsaturated/α-hetero) is 3. The Hall–Kier alpha value is -3.76. The second kappa shape index (κ2) is 60.2. The molecule has 24 nitrogen and oxygen atoms in total. The van der Waals surface area contributed by atoms with Gasteiger partial charge in [0.25, 0.3) is 0 Å². The molecule has 0 spiro atoms. The molecule has 0 aromatic heterocycles. The SMILES string of the molecule is CCCCCCCCCCCC(=O)N(CCCCN(CCCNC(=O)[C@H](CO)NC(C(=O)[C@@H](N)CCCCN)C(=O)[C@@H](N)CCCCN)C(=O)CCCCCCCCCCC)CCCNN[C@@H](CO)C(=O)C(N[C@@H](C=O)CCCCN)N[C@@H](C=O)CCCCN. The third-order valence-corrected chi connectivity index (χ3v) is 16.7. The summed E-state index contributed by atoms with van der Waals surface area (Å²) < 4.78 is 0. The fourth-order valence-corrected chi connectivity index (χ4v) is 10.9. The number of aliphatic hydroxyl groups excluding tert-OH is 2. The summed E-state index contributed by atoms with van der Waals surface area (Å²) in [6.07, 6.45) is 29.9. The van der Waals surface area contributed by atoms with E-state index >= 15 is 0 Å². The van der Waals surface area contributed by atoms with Crippen molar-refractivity contribution in [3.8, 4) is 0 Å². The van der Waals surface area contributed by atoms with Crippen molar-refractivity contribution in [2.45, 2.75) is 293 Å². The number of aldehydes is 2. The number of rotatable bonds is 68. The van der Waals surface area contributed by atoms with Gasteiger partial charge in [-0.2, -0.15) is 0 Å². The Morgan fingerprint density at radius 3 is 1.17 bits per heavy atom. The highest BCUT2D eigenvalue weighted by Crippen LogP contribution is 2.16. The van der Waals surface area contributed by atoms with E-state index in [9.17, 15) is 48.6 Å². The van der Waals surface area contributed by atoms with E-state index in [1.165, 1.54) is 64.2 Å². The number of carbonyl (C=O) groups is 8. The first kappa shape index (κ1) is 86.2. The summed E-state index contributed by atoms with van der Waals surface area (Å²) in [5.41, 5.74) is 41.2. The Labute approximate surface area is 542 Å². The molecule has 0 heterocycles. The van der Waals surface area contributed by atoms with Crippen LogP contribution in [0.4, 0.5) is 0 Å². The van der Waals surface area contributed by atoms with E-state index in [1.54, 1.807) is 0 Å². The van der Waals surface area contributed by atoms with Crippen LogP contribution in [0.15, 0.2) is 0 Å². The topological polar surface area (TPSA) is 412 Å². The van der Waals surface area contributed by atoms with E-state index in [1.807, 2.05) is 9.80 Å². The quantitative estimate of drug-likeness (QED) is 0.0136. The van der Waals surface area contributed by atoms with E-state index in [2.05, 4.69) is 46.0 Å². The van der Waals surface area contributed by atoms with E-state index < -0.39 is 84.9 Å². The Morgan fingerprint density at radius 1 is 0.422 bits per heavy atom. The molecule has 90 heavy (non-hydrogen) atoms. The number of nitrogens with two attached hydrogens (primary N) is 6. The van der Waals surface area contributed by atoms with Gasteiger partial charge in [0.15, 0.2) is 17.3 Å². The Kier molecular flexibility index (Phi) is 57.7. The Balaban J connectivity index is 6.25. The van der Waals surface area contributed by atoms with E-state index in [4.69, 9.17) is 34.4 Å². The zero-order valence-electron chi connectivity index (χ0n) is 56.2. The molecule has 20 N–H and O–H groups in total. The number of amides is 3. The zero-order chi connectivity index (χ0) is 66.8. The molecule has 0 aromatic carbocycles. The molecule has 526 valence electrons. The van der Waals surface area contributed by atoms with Crippen LogP contribution in [-0.2, 0) is 38.4 Å². The van der Waals surface area contributed by atoms with Crippen LogP contribution < -0.4 is 66.5 Å². The van der Waals surface area contributed by atoms with Gasteiger partial charge in [0.05, 0.1) is 37.4 Å². The largest absolute Gasteiger partial charge is 0.394 e. The van der Waals surface area contributed by atoms with Gasteiger partial charge in [0, 0.05) is 52.1 Å². The molecular weight excluding hydrogens is 1150 g/mol. The number of nitrogens with one attached hydrogen (secondary N) is 6. The molecule has 0 fully saturated rings. The third-order valence-electron chi connectivity index (χ3n) is 16.7. The van der Waals surface area contributed by atoms with Crippen molar-refractivity contribution in [2.24, 2.45) is 34.4 Å². The van der Waals surface area contributed by atoms with Gasteiger partial charge in [-0.15, -0.1) is 0 Å². The molecule has 0 unspecified atom stereocenters. The second-order valence-corrected chi connectivity index (χ2v) is 24.6. The normalized spacial score (nSPS) is 13.6. The van der Waals surface area contributed by atoms with Crippen LogP contribution in [0, 0.1) is 0 Å². The van der Waals surface area contributed by atoms with E-state index in [0.717, 1.165) is 63.9 Å². The zero-order valence-corrected chi connectivity index (χ0v) is 56.2. The lowest BCUT2D eigenvalue weighted by Crippen LogP contribution is -2.62. The van der Waals surface area contributed by atoms with Gasteiger partial charge in [0.2, 0.25) is 17.7 Å². The first-order valence-corrected chi connectivity index (χ1v) is 35.3. The van der Waals surface area contributed by atoms with Crippen LogP contribution in [0.1, 0.15) is 245 Å². The summed E-state index contributed by atoms with van der Waals surface area (Å²) >= 11 is 0. The van der Waals surface area contributed by atoms with Crippen LogP contribution >= 0.6 is 0 Å². The molecule has 0 saturated heterocycles. The summed E-state index contributed by atoms with van der Waals surface area (Å²) in [5.74, 6) is -2.31. The fraction of sp³-hybridized carbons (Fsp3) is 0.879. The van der Waals surface area contributed by atoms with Gasteiger partial charge in [-0.3, -0.25) is 50.1 Å². The number of nitrogens with zero attached hydrogens (tertiary/aromatic N) is 2. The number of ketones is 3. The van der Waals surface area contributed by atoms with Crippen molar-refractivity contribution in [2.75, 3.05) is 78.7 Å². The van der Waals surface area contributed by atoms with E-state index in [0.29, 0.717) is 162 Å². The average Bonchev–Trinajstić information content (AvgIpc) is 2.29. The van der Waals surface area contributed by atoms with E-state index in [-0.39, 0.29) is 31.2 Å². The predicted molar refractivity (Wildman–Crippen MR) is 360 cm³/mol. The lowest BCUT2D eigenvalue weighted by molar-refractivity contribution is -0.134. The van der Waals surface area contributed by atoms with Gasteiger partial charge < -0.3 is 69.3 Å². The molecule has 0 aliphatic heterocycles. The van der Waals surface area contributed by atoms with Crippen molar-refractivity contribution in [1.29, 1.82) is 0 Å². The number of hydrogen-bond donors (Lipinski definition) is 14. The monoisotopic (exact) mass is 1280 g/mol. The molecular formula is C66H132N14O10. The summed E-state index contributed by atoms with van der Waals surface area (Å²) in [6, 6.07) is -7.40. The van der Waals surface area contributed by atoms with Crippen LogP contribution in [0.5, 0.6) is 0 Å². The minimum Gasteiger partial charge on any atom is -0.394 e. The standard InChI is InChI=1S/C66H132N14O10/c1-3-5-7-9-11-13-15-17-19-37-59(85)79(47-31-43-73-66(90)58(52-84)77-61(62(87)55(71)35-23-27-41-69)63(88)56(72)36-24-28-42-70)45-29-30-46-80(60(86)38-20-18-16-14-12-10-8-6-4-2)48-32-44-74-78-57(51-83)64(89)65(75-53(49-81)33-21-25-39-67)76-54(50-82)34-22-26-40-68/h49-50,53-58,61,65,74-78,83-84H,3-48,51-52,67-72H2,1-2H3,(H,73,90)/t53-,54-,55+,56+,57+,58+/m1/s1. The number of hydrazine groups is 1. The average molecular weight is 1280 g/mol. The number of unbranched alkanes of at least 4 members (excludes halogenated alkanes) is 21. The molecule has 0 saturated carbocycles. The minimum absolute atomic E-state index is 0.0104. The number of hydrogen-bond acceptors (Lipinski definition) is 21. The van der Waals surface area contributed by atoms with Crippen molar-refractivity contribution in [3.63, 3.8) is 0 Å². The second-order valence-electron chi connectivity index (χ2n) is 24.6. The first-order chi connectivity index (χ1) is 43.7. The first-order valence-electron chi connectivity index (χ1n) is 35.3. The number of carbonyl (C=O) groups excluding carboxylic acids is 8. The lowest BCUT2D eigenvalue weighted by atomic mass is 9.92. The molecule has 0 aromatic rings. The highest BCUT2D eigenvalue weighted by Gasteiger charge is 2.36. The van der Waals surface area contributed by atoms with Crippen LogP contribution in [0.3, 0.4) is 0 Å². The molecule has 3 amide bonds. The van der Waals surface area contributed by atoms with Gasteiger partial charge in [-0.25, -0.2) is 5.43 Å². The predicted octanol–water partition coefficient (Wildman–Crippen LogP) is 3.45. The maximum atomic E-state index is 14.0. The molecule has 0 radical (unpaired) electrons. The highest BCUT2D eigenvalue weighted by atomic mass is 16.3. The maximum absolute atomic E-state index is 14.0. The van der Waals surface area contributed by atoms with Crippen molar-refractivity contribution in [3.05, 3.63) is 0 Å². The van der Waals surface area contributed by atoms with Gasteiger partial charge >= 0.3 is 0 Å². The smallest absolute Gasteiger partial charge is 0.239 e. The van der Waals surface area contributed by atoms with Crippen LogP contribution in [-0.4, -0.2) is 195 Å². The lowest BCUT2D eigenvalue weighted by Gasteiger charge is -2.29. The molecule has 0 aliphatic rings. The van der Waals surface area contributed by atoms with Crippen molar-refractivity contribution >= 4 is 47.6 Å². The van der Waals surface area contributed by atoms with Crippen LogP contribution in [0.2, 0.25) is 0 Å². The summed E-state index contributed by atoms with van der Waals surface area (Å²) in [5, 5.41) is 32.6. The Bertz CT molecular complexity index is 1780. The maximum Gasteiger partial charge on any atom is 0.239 e. The summed E-state index contributed by atoms with van der Waals surface area (Å²) in [4.78, 5) is 111. The summed E-state index contributed by atoms with van der Waals surface area (Å²) in [6.45, 7) is 6.99. The number of aliphatic hydroxyl groups is 2. The Morgan fingerprint density at radius 2 is 0.789 bits per heavy atom. The van der Waals surface area contributed by atoms with Gasteiger partial charge in [0.1, 0.15) is 36.9 Å². The highest BCUT2D eigenvalue weighted by molar-refractivity contribution is 6.10. The van der Waals surface area contributed by atoms with Crippen molar-refractivity contribution < 1.29 is 48.6 Å². The van der Waals surface area contributed by atoms with Crippen LogP contribution in [0.25, 0.3) is 0 Å². The molecule has 24 heteroatoms. The fourth-order valence-electron chi connectivity index (χ4n) is 10.9. The third kappa shape index (κ3) is 43.2. The molecule has 0 aliphatic carbocycles. The molecule has 0 rings (SSSR count).